The van der Waals surface area contributed by atoms with Gasteiger partial charge in [0.15, 0.2) is 0 Å². The maximum absolute atomic E-state index is 12.4. The minimum absolute atomic E-state index is 0.0613. The number of para-hydroxylation sites is 1. The van der Waals surface area contributed by atoms with Crippen LogP contribution >= 0.6 is 0 Å². The lowest BCUT2D eigenvalue weighted by molar-refractivity contribution is 0.576. The van der Waals surface area contributed by atoms with Crippen LogP contribution in [0.5, 0.6) is 0 Å². The quantitative estimate of drug-likeness (QED) is 0.918. The molecule has 5 nitrogen and oxygen atoms in total. The molecule has 0 bridgehead atoms. The summed E-state index contributed by atoms with van der Waals surface area (Å²) in [5, 5.41) is 7.61. The summed E-state index contributed by atoms with van der Waals surface area (Å²) in [7, 11) is 0. The summed E-state index contributed by atoms with van der Waals surface area (Å²) in [4.78, 5) is 12.4. The molecule has 0 radical (unpaired) electrons. The van der Waals surface area contributed by atoms with E-state index in [-0.39, 0.29) is 17.8 Å². The first-order chi connectivity index (χ1) is 9.00. The van der Waals surface area contributed by atoms with E-state index in [1.54, 1.807) is 4.57 Å². The van der Waals surface area contributed by atoms with Crippen LogP contribution in [0.25, 0.3) is 5.69 Å². The molecule has 0 fully saturated rings. The minimum Gasteiger partial charge on any atom is -0.352 e. The van der Waals surface area contributed by atoms with Gasteiger partial charge in [-0.3, -0.25) is 4.57 Å². The van der Waals surface area contributed by atoms with Crippen LogP contribution in [0.2, 0.25) is 0 Å². The Balaban J connectivity index is 2.56. The van der Waals surface area contributed by atoms with Crippen molar-refractivity contribution in [1.29, 1.82) is 0 Å². The fourth-order valence-corrected chi connectivity index (χ4v) is 1.94. The van der Waals surface area contributed by atoms with Gasteiger partial charge in [0.1, 0.15) is 0 Å². The molecule has 0 unspecified atom stereocenters. The zero-order valence-corrected chi connectivity index (χ0v) is 11.8. The maximum Gasteiger partial charge on any atom is 0.352 e. The van der Waals surface area contributed by atoms with Crippen molar-refractivity contribution >= 4 is 5.95 Å². The van der Waals surface area contributed by atoms with Crippen LogP contribution in [0.3, 0.4) is 0 Å². The molecule has 1 N–H and O–H groups in total. The SMILES string of the molecule is CC(C)Nc1nn(-c2ccccc2)c(=O)n1C(C)C. The van der Waals surface area contributed by atoms with Crippen molar-refractivity contribution in [2.75, 3.05) is 5.32 Å². The Morgan fingerprint density at radius 2 is 1.74 bits per heavy atom. The largest absolute Gasteiger partial charge is 0.352 e. The predicted octanol–water partition coefficient (Wildman–Crippen LogP) is 2.44. The molecule has 0 aliphatic carbocycles. The third-order valence-corrected chi connectivity index (χ3v) is 2.75. The number of nitrogens with zero attached hydrogens (tertiary/aromatic N) is 3. The van der Waals surface area contributed by atoms with Gasteiger partial charge in [-0.15, -0.1) is 5.10 Å². The summed E-state index contributed by atoms with van der Waals surface area (Å²) in [6.07, 6.45) is 0. The third-order valence-electron chi connectivity index (χ3n) is 2.75. The van der Waals surface area contributed by atoms with E-state index in [9.17, 15) is 4.79 Å². The van der Waals surface area contributed by atoms with Gasteiger partial charge >= 0.3 is 5.69 Å². The molecule has 2 rings (SSSR count). The van der Waals surface area contributed by atoms with Gasteiger partial charge in [-0.05, 0) is 39.8 Å². The monoisotopic (exact) mass is 260 g/mol. The van der Waals surface area contributed by atoms with E-state index < -0.39 is 0 Å². The zero-order chi connectivity index (χ0) is 14.0. The van der Waals surface area contributed by atoms with Crippen LogP contribution in [0.4, 0.5) is 5.95 Å². The van der Waals surface area contributed by atoms with Crippen LogP contribution in [-0.2, 0) is 0 Å². The summed E-state index contributed by atoms with van der Waals surface area (Å²) in [5.74, 6) is 0.610. The van der Waals surface area contributed by atoms with Crippen LogP contribution in [-0.4, -0.2) is 20.4 Å². The molecule has 19 heavy (non-hydrogen) atoms. The van der Waals surface area contributed by atoms with E-state index in [1.165, 1.54) is 4.68 Å². The molecule has 1 heterocycles. The average Bonchev–Trinajstić information content (AvgIpc) is 2.66. The molecular weight excluding hydrogens is 240 g/mol. The first-order valence-corrected chi connectivity index (χ1v) is 6.54. The topological polar surface area (TPSA) is 51.9 Å². The van der Waals surface area contributed by atoms with Gasteiger partial charge in [0.25, 0.3) is 0 Å². The minimum atomic E-state index is -0.121. The van der Waals surface area contributed by atoms with Crippen molar-refractivity contribution in [3.63, 3.8) is 0 Å². The first kappa shape index (κ1) is 13.4. The third kappa shape index (κ3) is 2.70. The van der Waals surface area contributed by atoms with E-state index in [0.717, 1.165) is 5.69 Å². The summed E-state index contributed by atoms with van der Waals surface area (Å²) in [6.45, 7) is 8.00. The average molecular weight is 260 g/mol. The molecule has 0 aliphatic heterocycles. The Bertz CT molecular complexity index is 596. The number of hydrogen-bond donors (Lipinski definition) is 1. The van der Waals surface area contributed by atoms with Gasteiger partial charge in [0, 0.05) is 12.1 Å². The number of benzene rings is 1. The van der Waals surface area contributed by atoms with Crippen molar-refractivity contribution in [2.24, 2.45) is 0 Å². The van der Waals surface area contributed by atoms with Crippen molar-refractivity contribution in [3.05, 3.63) is 40.8 Å². The molecule has 1 aromatic heterocycles. The molecule has 0 spiro atoms. The van der Waals surface area contributed by atoms with E-state index in [2.05, 4.69) is 10.4 Å². The van der Waals surface area contributed by atoms with Crippen molar-refractivity contribution < 1.29 is 0 Å². The summed E-state index contributed by atoms with van der Waals surface area (Å²) in [6, 6.07) is 9.74. The number of hydrogen-bond acceptors (Lipinski definition) is 3. The maximum atomic E-state index is 12.4. The lowest BCUT2D eigenvalue weighted by Crippen LogP contribution is -2.26. The molecule has 0 saturated heterocycles. The smallest absolute Gasteiger partial charge is 0.352 e. The Kier molecular flexibility index (Phi) is 3.74. The second kappa shape index (κ2) is 5.30. The van der Waals surface area contributed by atoms with E-state index >= 15 is 0 Å². The molecule has 0 saturated carbocycles. The first-order valence-electron chi connectivity index (χ1n) is 6.54. The van der Waals surface area contributed by atoms with Crippen LogP contribution in [0.1, 0.15) is 33.7 Å². The summed E-state index contributed by atoms with van der Waals surface area (Å²) in [5.41, 5.74) is 0.656. The fourth-order valence-electron chi connectivity index (χ4n) is 1.94. The van der Waals surface area contributed by atoms with Crippen molar-refractivity contribution in [2.45, 2.75) is 39.8 Å². The fraction of sp³-hybridized carbons (Fsp3) is 0.429. The zero-order valence-electron chi connectivity index (χ0n) is 11.8. The van der Waals surface area contributed by atoms with Crippen LogP contribution in [0.15, 0.2) is 35.1 Å². The highest BCUT2D eigenvalue weighted by Gasteiger charge is 2.17. The highest BCUT2D eigenvalue weighted by molar-refractivity contribution is 5.34. The molecular formula is C14H20N4O. The molecule has 102 valence electrons. The van der Waals surface area contributed by atoms with E-state index in [0.29, 0.717) is 5.95 Å². The Morgan fingerprint density at radius 1 is 1.11 bits per heavy atom. The lowest BCUT2D eigenvalue weighted by atomic mass is 10.3. The number of nitrogens with one attached hydrogen (secondary N) is 1. The van der Waals surface area contributed by atoms with Crippen molar-refractivity contribution in [1.82, 2.24) is 14.3 Å². The van der Waals surface area contributed by atoms with Gasteiger partial charge in [0.2, 0.25) is 5.95 Å². The number of anilines is 1. The molecule has 0 amide bonds. The lowest BCUT2D eigenvalue weighted by Gasteiger charge is -2.12. The van der Waals surface area contributed by atoms with Gasteiger partial charge < -0.3 is 5.32 Å². The van der Waals surface area contributed by atoms with Crippen LogP contribution in [0, 0.1) is 0 Å². The number of rotatable bonds is 4. The molecule has 2 aromatic rings. The van der Waals surface area contributed by atoms with Gasteiger partial charge in [-0.25, -0.2) is 4.79 Å². The van der Waals surface area contributed by atoms with Crippen molar-refractivity contribution in [3.8, 4) is 5.69 Å². The standard InChI is InChI=1S/C14H20N4O/c1-10(2)15-13-16-18(12-8-6-5-7-9-12)14(19)17(13)11(3)4/h5-11H,1-4H3,(H,15,16). The number of aromatic nitrogens is 3. The van der Waals surface area contributed by atoms with Crippen LogP contribution < -0.4 is 11.0 Å². The van der Waals surface area contributed by atoms with Gasteiger partial charge in [0.05, 0.1) is 5.69 Å². The van der Waals surface area contributed by atoms with Gasteiger partial charge in [-0.1, -0.05) is 18.2 Å². The second-order valence-electron chi connectivity index (χ2n) is 5.12. The Morgan fingerprint density at radius 3 is 2.26 bits per heavy atom. The Labute approximate surface area is 112 Å². The van der Waals surface area contributed by atoms with E-state index in [4.69, 9.17) is 0 Å². The molecule has 0 atom stereocenters. The Hall–Kier alpha value is -2.04. The molecule has 0 aliphatic rings. The summed E-state index contributed by atoms with van der Waals surface area (Å²) < 4.78 is 3.11. The summed E-state index contributed by atoms with van der Waals surface area (Å²) >= 11 is 0. The molecule has 1 aromatic carbocycles. The highest BCUT2D eigenvalue weighted by atomic mass is 16.2. The highest BCUT2D eigenvalue weighted by Crippen LogP contribution is 2.12. The molecule has 5 heteroatoms. The van der Waals surface area contributed by atoms with Gasteiger partial charge in [-0.2, -0.15) is 4.68 Å². The second-order valence-corrected chi connectivity index (χ2v) is 5.12. The van der Waals surface area contributed by atoms with E-state index in [1.807, 2.05) is 58.0 Å². The normalized spacial score (nSPS) is 11.3. The predicted molar refractivity (Wildman–Crippen MR) is 77.0 cm³/mol.